The van der Waals surface area contributed by atoms with Crippen molar-refractivity contribution in [2.24, 2.45) is 5.92 Å². The molecular weight excluding hydrogens is 258 g/mol. The summed E-state index contributed by atoms with van der Waals surface area (Å²) < 4.78 is 0. The first kappa shape index (κ1) is 14.7. The first-order chi connectivity index (χ1) is 8.88. The molecule has 0 aromatic heterocycles. The van der Waals surface area contributed by atoms with Crippen molar-refractivity contribution in [2.75, 3.05) is 13.1 Å². The minimum Gasteiger partial charge on any atom is -0.507 e. The number of hydrogen-bond donors (Lipinski definition) is 2. The van der Waals surface area contributed by atoms with E-state index in [2.05, 4.69) is 26.1 Å². The van der Waals surface area contributed by atoms with Gasteiger partial charge in [-0.1, -0.05) is 32.4 Å². The Morgan fingerprint density at radius 2 is 1.89 bits per heavy atom. The minimum absolute atomic E-state index is 0.0855. The maximum absolute atomic E-state index is 10.5. The van der Waals surface area contributed by atoms with Crippen molar-refractivity contribution >= 4 is 11.6 Å². The fraction of sp³-hybridized carbons (Fsp3) is 0.625. The highest BCUT2D eigenvalue weighted by atomic mass is 35.5. The second-order valence-corrected chi connectivity index (χ2v) is 7.05. The number of hydrogen-bond acceptors (Lipinski definition) is 2. The van der Waals surface area contributed by atoms with Gasteiger partial charge in [-0.05, 0) is 61.4 Å². The number of phenolic OH excluding ortho intramolecular Hbond substituents is 1. The van der Waals surface area contributed by atoms with Crippen LogP contribution in [0.25, 0.3) is 0 Å². The molecular formula is C16H24ClNO. The SMILES string of the molecule is CC(C)(C)c1cc(Cl)cc(CC2CCNCC2)c1O. The lowest BCUT2D eigenvalue weighted by Crippen LogP contribution is -2.28. The normalized spacial score (nSPS) is 17.7. The first-order valence-electron chi connectivity index (χ1n) is 7.10. The van der Waals surface area contributed by atoms with Crippen LogP contribution in [-0.2, 0) is 11.8 Å². The Bertz CT molecular complexity index is 445. The maximum Gasteiger partial charge on any atom is 0.122 e. The number of benzene rings is 1. The highest BCUT2D eigenvalue weighted by Gasteiger charge is 2.23. The molecule has 1 saturated heterocycles. The highest BCUT2D eigenvalue weighted by molar-refractivity contribution is 6.30. The minimum atomic E-state index is -0.0855. The van der Waals surface area contributed by atoms with Gasteiger partial charge in [0.25, 0.3) is 0 Å². The van der Waals surface area contributed by atoms with Gasteiger partial charge in [0.15, 0.2) is 0 Å². The van der Waals surface area contributed by atoms with Crippen molar-refractivity contribution in [1.29, 1.82) is 0 Å². The second kappa shape index (κ2) is 5.72. The molecule has 1 fully saturated rings. The van der Waals surface area contributed by atoms with Gasteiger partial charge in [0.1, 0.15) is 5.75 Å². The van der Waals surface area contributed by atoms with E-state index in [0.717, 1.165) is 35.7 Å². The Kier molecular flexibility index (Phi) is 4.42. The van der Waals surface area contributed by atoms with Crippen LogP contribution in [0, 0.1) is 5.92 Å². The number of aromatic hydroxyl groups is 1. The molecule has 3 heteroatoms. The Morgan fingerprint density at radius 1 is 1.26 bits per heavy atom. The van der Waals surface area contributed by atoms with Gasteiger partial charge in [-0.2, -0.15) is 0 Å². The van der Waals surface area contributed by atoms with Crippen molar-refractivity contribution in [1.82, 2.24) is 5.32 Å². The molecule has 1 aliphatic heterocycles. The van der Waals surface area contributed by atoms with Gasteiger partial charge in [0, 0.05) is 10.6 Å². The van der Waals surface area contributed by atoms with Gasteiger partial charge in [-0.3, -0.25) is 0 Å². The van der Waals surface area contributed by atoms with Crippen molar-refractivity contribution in [2.45, 2.75) is 45.4 Å². The first-order valence-corrected chi connectivity index (χ1v) is 7.48. The summed E-state index contributed by atoms with van der Waals surface area (Å²) in [5.74, 6) is 1.09. The third-order valence-corrected chi connectivity index (χ3v) is 4.15. The van der Waals surface area contributed by atoms with Crippen LogP contribution in [0.3, 0.4) is 0 Å². The van der Waals surface area contributed by atoms with Crippen molar-refractivity contribution in [3.05, 3.63) is 28.3 Å². The lowest BCUT2D eigenvalue weighted by atomic mass is 9.83. The van der Waals surface area contributed by atoms with Crippen LogP contribution in [0.15, 0.2) is 12.1 Å². The smallest absolute Gasteiger partial charge is 0.122 e. The number of nitrogens with one attached hydrogen (secondary N) is 1. The highest BCUT2D eigenvalue weighted by Crippen LogP contribution is 2.37. The van der Waals surface area contributed by atoms with Gasteiger partial charge in [0.05, 0.1) is 0 Å². The van der Waals surface area contributed by atoms with E-state index in [1.54, 1.807) is 0 Å². The van der Waals surface area contributed by atoms with E-state index in [4.69, 9.17) is 11.6 Å². The van der Waals surface area contributed by atoms with Gasteiger partial charge in [-0.15, -0.1) is 0 Å². The second-order valence-electron chi connectivity index (χ2n) is 6.61. The van der Waals surface area contributed by atoms with Gasteiger partial charge >= 0.3 is 0 Å². The van der Waals surface area contributed by atoms with Crippen LogP contribution in [0.4, 0.5) is 0 Å². The molecule has 0 saturated carbocycles. The Balaban J connectivity index is 2.27. The lowest BCUT2D eigenvalue weighted by molar-refractivity contribution is 0.364. The summed E-state index contributed by atoms with van der Waals surface area (Å²) in [6.45, 7) is 8.47. The topological polar surface area (TPSA) is 32.3 Å². The molecule has 106 valence electrons. The van der Waals surface area contributed by atoms with Crippen molar-refractivity contribution in [3.63, 3.8) is 0 Å². The zero-order valence-corrected chi connectivity index (χ0v) is 12.8. The molecule has 0 spiro atoms. The number of halogens is 1. The van der Waals surface area contributed by atoms with Crippen LogP contribution < -0.4 is 5.32 Å². The van der Waals surface area contributed by atoms with E-state index in [-0.39, 0.29) is 5.41 Å². The predicted octanol–water partition coefficient (Wildman–Crippen LogP) is 3.89. The molecule has 0 bridgehead atoms. The molecule has 2 rings (SSSR count). The average molecular weight is 282 g/mol. The van der Waals surface area contributed by atoms with Crippen LogP contribution in [-0.4, -0.2) is 18.2 Å². The zero-order valence-electron chi connectivity index (χ0n) is 12.1. The number of rotatable bonds is 2. The van der Waals surface area contributed by atoms with E-state index in [1.165, 1.54) is 12.8 Å². The van der Waals surface area contributed by atoms with E-state index >= 15 is 0 Å². The molecule has 1 heterocycles. The third kappa shape index (κ3) is 3.64. The van der Waals surface area contributed by atoms with Crippen molar-refractivity contribution in [3.8, 4) is 5.75 Å². The standard InChI is InChI=1S/C16H24ClNO/c1-16(2,3)14-10-13(17)9-12(15(14)19)8-11-4-6-18-7-5-11/h9-11,18-19H,4-8H2,1-3H3. The summed E-state index contributed by atoms with van der Waals surface area (Å²) in [6, 6.07) is 3.82. The van der Waals surface area contributed by atoms with Crippen LogP contribution in [0.2, 0.25) is 5.02 Å². The molecule has 2 nitrogen and oxygen atoms in total. The average Bonchev–Trinajstić information content (AvgIpc) is 2.33. The molecule has 0 atom stereocenters. The molecule has 19 heavy (non-hydrogen) atoms. The van der Waals surface area contributed by atoms with Crippen LogP contribution in [0.1, 0.15) is 44.7 Å². The van der Waals surface area contributed by atoms with Crippen molar-refractivity contribution < 1.29 is 5.11 Å². The molecule has 0 amide bonds. The molecule has 2 N–H and O–H groups in total. The third-order valence-electron chi connectivity index (χ3n) is 3.93. The Labute approximate surface area is 121 Å². The summed E-state index contributed by atoms with van der Waals surface area (Å²) in [5.41, 5.74) is 1.87. The van der Waals surface area contributed by atoms with Gasteiger partial charge in [0.2, 0.25) is 0 Å². The summed E-state index contributed by atoms with van der Waals surface area (Å²) in [5, 5.41) is 14.6. The van der Waals surface area contributed by atoms with E-state index in [1.807, 2.05) is 12.1 Å². The molecule has 0 radical (unpaired) electrons. The van der Waals surface area contributed by atoms with Gasteiger partial charge in [-0.25, -0.2) is 0 Å². The lowest BCUT2D eigenvalue weighted by Gasteiger charge is -2.26. The summed E-state index contributed by atoms with van der Waals surface area (Å²) in [4.78, 5) is 0. The Morgan fingerprint density at radius 3 is 2.47 bits per heavy atom. The van der Waals surface area contributed by atoms with Crippen LogP contribution in [0.5, 0.6) is 5.75 Å². The molecule has 1 aromatic carbocycles. The fourth-order valence-electron chi connectivity index (χ4n) is 2.78. The molecule has 0 aliphatic carbocycles. The quantitative estimate of drug-likeness (QED) is 0.862. The molecule has 1 aliphatic rings. The predicted molar refractivity (Wildman–Crippen MR) is 81.1 cm³/mol. The monoisotopic (exact) mass is 281 g/mol. The summed E-state index contributed by atoms with van der Waals surface area (Å²) in [7, 11) is 0. The van der Waals surface area contributed by atoms with E-state index in [9.17, 15) is 5.11 Å². The molecule has 1 aromatic rings. The zero-order chi connectivity index (χ0) is 14.0. The van der Waals surface area contributed by atoms with E-state index in [0.29, 0.717) is 11.7 Å². The fourth-order valence-corrected chi connectivity index (χ4v) is 3.02. The number of phenols is 1. The molecule has 0 unspecified atom stereocenters. The Hall–Kier alpha value is -0.730. The number of piperidine rings is 1. The summed E-state index contributed by atoms with van der Waals surface area (Å²) >= 11 is 6.22. The van der Waals surface area contributed by atoms with Gasteiger partial charge < -0.3 is 10.4 Å². The largest absolute Gasteiger partial charge is 0.507 e. The van der Waals surface area contributed by atoms with Crippen LogP contribution >= 0.6 is 11.6 Å². The van der Waals surface area contributed by atoms with E-state index < -0.39 is 0 Å². The maximum atomic E-state index is 10.5. The summed E-state index contributed by atoms with van der Waals surface area (Å²) in [6.07, 6.45) is 3.28.